The van der Waals surface area contributed by atoms with Crippen LogP contribution in [0.25, 0.3) is 17.0 Å². The summed E-state index contributed by atoms with van der Waals surface area (Å²) >= 11 is 15.5. The molecule has 1 aromatic heterocycles. The van der Waals surface area contributed by atoms with Gasteiger partial charge in [0.25, 0.3) is 5.91 Å². The zero-order valence-electron chi connectivity index (χ0n) is 20.9. The first kappa shape index (κ1) is 26.3. The van der Waals surface area contributed by atoms with Crippen LogP contribution >= 0.6 is 39.7 Å². The highest BCUT2D eigenvalue weighted by molar-refractivity contribution is 9.10. The number of benzene rings is 3. The quantitative estimate of drug-likeness (QED) is 0.157. The van der Waals surface area contributed by atoms with Crippen LogP contribution in [0.3, 0.4) is 0 Å². The van der Waals surface area contributed by atoms with Crippen molar-refractivity contribution in [3.63, 3.8) is 0 Å². The summed E-state index contributed by atoms with van der Waals surface area (Å²) in [5.74, 6) is 1.21. The molecule has 0 saturated carbocycles. The molecule has 1 amide bonds. The molecule has 0 aliphatic carbocycles. The second-order valence-corrected chi connectivity index (χ2v) is 10.3. The van der Waals surface area contributed by atoms with Gasteiger partial charge in [-0.2, -0.15) is 0 Å². The van der Waals surface area contributed by atoms with Crippen LogP contribution in [0.5, 0.6) is 11.5 Å². The summed E-state index contributed by atoms with van der Waals surface area (Å²) in [6.45, 7) is 3.55. The van der Waals surface area contributed by atoms with E-state index in [1.807, 2.05) is 80.8 Å². The van der Waals surface area contributed by atoms with Gasteiger partial charge >= 0.3 is 0 Å². The highest BCUT2D eigenvalue weighted by Gasteiger charge is 2.37. The van der Waals surface area contributed by atoms with Gasteiger partial charge in [0, 0.05) is 34.2 Å². The van der Waals surface area contributed by atoms with Crippen LogP contribution in [0.4, 0.5) is 5.69 Å². The van der Waals surface area contributed by atoms with E-state index in [1.54, 1.807) is 15.9 Å². The Kier molecular flexibility index (Phi) is 7.74. The number of aromatic nitrogens is 1. The number of thiocarbonyl (C=S) groups is 1. The van der Waals surface area contributed by atoms with Gasteiger partial charge in [0.2, 0.25) is 0 Å². The first-order chi connectivity index (χ1) is 18.4. The molecule has 1 aliphatic heterocycles. The van der Waals surface area contributed by atoms with Crippen LogP contribution in [0.1, 0.15) is 12.5 Å². The molecule has 0 atom stereocenters. The third kappa shape index (κ3) is 5.16. The molecule has 0 bridgehead atoms. The lowest BCUT2D eigenvalue weighted by molar-refractivity contribution is -0.114. The van der Waals surface area contributed by atoms with Crippen molar-refractivity contribution in [2.45, 2.75) is 13.5 Å². The van der Waals surface area contributed by atoms with Gasteiger partial charge in [0.15, 0.2) is 5.11 Å². The molecule has 194 valence electrons. The largest absolute Gasteiger partial charge is 0.494 e. The first-order valence-corrected chi connectivity index (χ1v) is 13.7. The van der Waals surface area contributed by atoms with Crippen molar-refractivity contribution in [3.05, 3.63) is 93.7 Å². The van der Waals surface area contributed by atoms with Gasteiger partial charge in [-0.15, -0.1) is 0 Å². The number of rotatable bonds is 8. The molecular formula is C29H25BrClN3O3S. The van der Waals surface area contributed by atoms with Crippen molar-refractivity contribution in [2.75, 3.05) is 25.2 Å². The van der Waals surface area contributed by atoms with Crippen molar-refractivity contribution >= 4 is 73.4 Å². The zero-order chi connectivity index (χ0) is 26.8. The van der Waals surface area contributed by atoms with Gasteiger partial charge in [-0.3, -0.25) is 9.69 Å². The van der Waals surface area contributed by atoms with E-state index in [1.165, 1.54) is 0 Å². The number of ether oxygens (including phenoxy) is 2. The summed E-state index contributed by atoms with van der Waals surface area (Å²) in [7, 11) is 1.81. The van der Waals surface area contributed by atoms with Gasteiger partial charge in [-0.25, -0.2) is 0 Å². The normalized spacial score (nSPS) is 14.7. The smallest absolute Gasteiger partial charge is 0.281 e. The number of anilines is 1. The molecule has 3 aromatic carbocycles. The average molecular weight is 611 g/mol. The van der Waals surface area contributed by atoms with Crippen molar-refractivity contribution in [2.24, 2.45) is 0 Å². The minimum Gasteiger partial charge on any atom is -0.494 e. The molecule has 0 spiro atoms. The summed E-state index contributed by atoms with van der Waals surface area (Å²) in [5.41, 5.74) is 3.13. The lowest BCUT2D eigenvalue weighted by Gasteiger charge is -2.16. The molecular weight excluding hydrogens is 586 g/mol. The van der Waals surface area contributed by atoms with E-state index in [-0.39, 0.29) is 5.91 Å². The molecule has 2 heterocycles. The summed E-state index contributed by atoms with van der Waals surface area (Å²) in [5, 5.41) is 2.01. The summed E-state index contributed by atoms with van der Waals surface area (Å²) in [6, 6.07) is 20.9. The predicted molar refractivity (Wildman–Crippen MR) is 160 cm³/mol. The van der Waals surface area contributed by atoms with Crippen molar-refractivity contribution in [1.82, 2.24) is 9.47 Å². The third-order valence-electron chi connectivity index (χ3n) is 6.26. The highest BCUT2D eigenvalue weighted by Crippen LogP contribution is 2.32. The SMILES string of the molecule is CCOc1ccc(N2C(=O)/C(=C/c3cn(CCOc4ccccc4Cl)c4ccc(Br)cc34)N(C)C2=S)cc1. The maximum Gasteiger partial charge on any atom is 0.281 e. The Bertz CT molecular complexity index is 1550. The van der Waals surface area contributed by atoms with Crippen LogP contribution in [0.2, 0.25) is 5.02 Å². The molecule has 5 rings (SSSR count). The fourth-order valence-electron chi connectivity index (χ4n) is 4.40. The fraction of sp³-hybridized carbons (Fsp3) is 0.172. The molecule has 9 heteroatoms. The number of halogens is 2. The van der Waals surface area contributed by atoms with Gasteiger partial charge in [0.05, 0.1) is 23.9 Å². The molecule has 1 aliphatic rings. The van der Waals surface area contributed by atoms with Crippen molar-refractivity contribution in [3.8, 4) is 11.5 Å². The number of amides is 1. The summed E-state index contributed by atoms with van der Waals surface area (Å²) in [6.07, 6.45) is 3.92. The Balaban J connectivity index is 1.44. The second-order valence-electron chi connectivity index (χ2n) is 8.66. The zero-order valence-corrected chi connectivity index (χ0v) is 24.0. The van der Waals surface area contributed by atoms with E-state index in [2.05, 4.69) is 26.6 Å². The number of para-hydroxylation sites is 1. The molecule has 1 fully saturated rings. The van der Waals surface area contributed by atoms with E-state index < -0.39 is 0 Å². The van der Waals surface area contributed by atoms with Gasteiger partial charge in [0.1, 0.15) is 23.8 Å². The van der Waals surface area contributed by atoms with Crippen molar-refractivity contribution < 1.29 is 14.3 Å². The molecule has 6 nitrogen and oxygen atoms in total. The number of nitrogens with zero attached hydrogens (tertiary/aromatic N) is 3. The Morgan fingerprint density at radius 3 is 2.55 bits per heavy atom. The lowest BCUT2D eigenvalue weighted by atomic mass is 10.1. The second kappa shape index (κ2) is 11.2. The summed E-state index contributed by atoms with van der Waals surface area (Å²) < 4.78 is 14.5. The first-order valence-electron chi connectivity index (χ1n) is 12.1. The molecule has 38 heavy (non-hydrogen) atoms. The van der Waals surface area contributed by atoms with Crippen LogP contribution < -0.4 is 14.4 Å². The number of carbonyl (C=O) groups is 1. The van der Waals surface area contributed by atoms with Gasteiger partial charge in [-0.05, 0) is 79.8 Å². The van der Waals surface area contributed by atoms with E-state index in [9.17, 15) is 4.79 Å². The number of hydrogen-bond donors (Lipinski definition) is 0. The van der Waals surface area contributed by atoms with E-state index >= 15 is 0 Å². The Morgan fingerprint density at radius 1 is 1.05 bits per heavy atom. The Hall–Kier alpha value is -3.33. The molecule has 0 N–H and O–H groups in total. The van der Waals surface area contributed by atoms with Crippen LogP contribution in [-0.4, -0.2) is 40.7 Å². The van der Waals surface area contributed by atoms with Crippen molar-refractivity contribution in [1.29, 1.82) is 0 Å². The monoisotopic (exact) mass is 609 g/mol. The number of fused-ring (bicyclic) bond motifs is 1. The fourth-order valence-corrected chi connectivity index (χ4v) is 5.24. The maximum atomic E-state index is 13.6. The van der Waals surface area contributed by atoms with Gasteiger partial charge in [-0.1, -0.05) is 39.7 Å². The molecule has 0 unspecified atom stereocenters. The van der Waals surface area contributed by atoms with Crippen LogP contribution in [0.15, 0.2) is 83.1 Å². The minimum atomic E-state index is -0.181. The minimum absolute atomic E-state index is 0.181. The number of carbonyl (C=O) groups excluding carboxylic acids is 1. The number of likely N-dealkylation sites (N-methyl/N-ethyl adjacent to an activating group) is 1. The van der Waals surface area contributed by atoms with E-state index in [0.717, 1.165) is 26.7 Å². The van der Waals surface area contributed by atoms with Gasteiger partial charge < -0.3 is 18.9 Å². The highest BCUT2D eigenvalue weighted by atomic mass is 79.9. The van der Waals surface area contributed by atoms with Crippen LogP contribution in [-0.2, 0) is 11.3 Å². The average Bonchev–Trinajstić information content (AvgIpc) is 3.35. The lowest BCUT2D eigenvalue weighted by Crippen LogP contribution is -2.31. The topological polar surface area (TPSA) is 46.9 Å². The number of hydrogen-bond acceptors (Lipinski definition) is 4. The summed E-state index contributed by atoms with van der Waals surface area (Å²) in [4.78, 5) is 16.9. The Morgan fingerprint density at radius 2 is 1.82 bits per heavy atom. The van der Waals surface area contributed by atoms with E-state index in [4.69, 9.17) is 33.3 Å². The molecule has 1 saturated heterocycles. The molecule has 4 aromatic rings. The van der Waals surface area contributed by atoms with E-state index in [0.29, 0.717) is 47.0 Å². The van der Waals surface area contributed by atoms with Crippen LogP contribution in [0, 0.1) is 0 Å². The molecule has 0 radical (unpaired) electrons. The third-order valence-corrected chi connectivity index (χ3v) is 7.52. The maximum absolute atomic E-state index is 13.6. The standard InChI is InChI=1S/C29H25BrClN3O3S/c1-3-36-22-11-9-21(10-12-22)34-28(35)26(32(2)29(34)38)16-19-18-33(25-13-8-20(30)17-23(19)25)14-15-37-27-7-5-4-6-24(27)31/h4-13,16-18H,3,14-15H2,1-2H3/b26-16-. The Labute approximate surface area is 240 Å². The predicted octanol–water partition coefficient (Wildman–Crippen LogP) is 7.14.